The van der Waals surface area contributed by atoms with E-state index in [0.29, 0.717) is 10.3 Å². The maximum absolute atomic E-state index is 12.6. The highest BCUT2D eigenvalue weighted by molar-refractivity contribution is 7.80. The van der Waals surface area contributed by atoms with E-state index in [-0.39, 0.29) is 5.39 Å². The predicted molar refractivity (Wildman–Crippen MR) is 95.0 cm³/mol. The van der Waals surface area contributed by atoms with Crippen LogP contribution in [-0.2, 0) is 6.18 Å². The van der Waals surface area contributed by atoms with Crippen LogP contribution >= 0.6 is 12.6 Å². The number of pyridine rings is 1. The SMILES string of the molecule is C#CC#CC#CC#CC#C.FC(F)(F)c1cccc2c(S)cncc12. The minimum absolute atomic E-state index is 0.0810. The smallest absolute Gasteiger partial charge is 0.263 e. The second kappa shape index (κ2) is 9.65. The van der Waals surface area contributed by atoms with Gasteiger partial charge in [0.05, 0.1) is 5.56 Å². The number of rotatable bonds is 0. The summed E-state index contributed by atoms with van der Waals surface area (Å²) in [6.07, 6.45) is 7.89. The van der Waals surface area contributed by atoms with Crippen LogP contribution in [0.1, 0.15) is 5.56 Å². The van der Waals surface area contributed by atoms with Gasteiger partial charge < -0.3 is 0 Å². The van der Waals surface area contributed by atoms with E-state index in [1.807, 2.05) is 0 Å². The zero-order chi connectivity index (χ0) is 18.7. The van der Waals surface area contributed by atoms with Gasteiger partial charge in [0.1, 0.15) is 0 Å². The molecular formula is C20H8F3NS. The van der Waals surface area contributed by atoms with Crippen molar-refractivity contribution in [2.45, 2.75) is 11.1 Å². The van der Waals surface area contributed by atoms with Crippen LogP contribution in [-0.4, -0.2) is 4.98 Å². The lowest BCUT2D eigenvalue weighted by atomic mass is 10.1. The van der Waals surface area contributed by atoms with Crippen molar-refractivity contribution in [2.75, 3.05) is 0 Å². The van der Waals surface area contributed by atoms with Crippen LogP contribution in [0, 0.1) is 60.2 Å². The summed E-state index contributed by atoms with van der Waals surface area (Å²) >= 11 is 4.06. The van der Waals surface area contributed by atoms with E-state index >= 15 is 0 Å². The summed E-state index contributed by atoms with van der Waals surface area (Å²) in [6.45, 7) is 0. The molecule has 0 saturated carbocycles. The molecule has 0 N–H and O–H groups in total. The standard InChI is InChI=1S/C10H6F3NS.C10H2/c11-10(12,13)8-3-1-2-6-7(8)4-14-5-9(6)15;1-3-5-7-9-10-8-6-4-2/h1-5,15H;1-2H. The molecule has 0 aliphatic rings. The molecule has 0 unspecified atom stereocenters. The van der Waals surface area contributed by atoms with E-state index in [4.69, 9.17) is 12.8 Å². The van der Waals surface area contributed by atoms with Gasteiger partial charge in [0.25, 0.3) is 0 Å². The van der Waals surface area contributed by atoms with Crippen molar-refractivity contribution in [1.82, 2.24) is 4.98 Å². The average molecular weight is 351 g/mol. The molecule has 0 amide bonds. The molecule has 25 heavy (non-hydrogen) atoms. The molecule has 1 aromatic heterocycles. The van der Waals surface area contributed by atoms with E-state index in [9.17, 15) is 13.2 Å². The van der Waals surface area contributed by atoms with Gasteiger partial charge in [-0.3, -0.25) is 4.98 Å². The van der Waals surface area contributed by atoms with Gasteiger partial charge in [-0.25, -0.2) is 0 Å². The third-order valence-electron chi connectivity index (χ3n) is 2.54. The van der Waals surface area contributed by atoms with Gasteiger partial charge in [-0.1, -0.05) is 12.1 Å². The maximum atomic E-state index is 12.6. The Labute approximate surface area is 149 Å². The van der Waals surface area contributed by atoms with E-state index in [0.717, 1.165) is 6.07 Å². The van der Waals surface area contributed by atoms with E-state index in [2.05, 4.69) is 65.0 Å². The van der Waals surface area contributed by atoms with Crippen molar-refractivity contribution in [3.05, 3.63) is 36.2 Å². The normalized spacial score (nSPS) is 8.56. The Morgan fingerprint density at radius 3 is 1.92 bits per heavy atom. The van der Waals surface area contributed by atoms with Gasteiger partial charge in [-0.05, 0) is 58.8 Å². The minimum atomic E-state index is -4.36. The van der Waals surface area contributed by atoms with Crippen LogP contribution < -0.4 is 0 Å². The minimum Gasteiger partial charge on any atom is -0.263 e. The van der Waals surface area contributed by atoms with Crippen molar-refractivity contribution in [1.29, 1.82) is 0 Å². The first-order valence-corrected chi connectivity index (χ1v) is 6.90. The molecule has 0 atom stereocenters. The number of terminal acetylenes is 2. The quantitative estimate of drug-likeness (QED) is 0.563. The summed E-state index contributed by atoms with van der Waals surface area (Å²) in [5.41, 5.74) is -0.677. The lowest BCUT2D eigenvalue weighted by Gasteiger charge is -2.10. The predicted octanol–water partition coefficient (Wildman–Crippen LogP) is 3.81. The Morgan fingerprint density at radius 2 is 1.40 bits per heavy atom. The molecule has 1 nitrogen and oxygen atoms in total. The van der Waals surface area contributed by atoms with Crippen LogP contribution in [0.3, 0.4) is 0 Å². The fourth-order valence-electron chi connectivity index (χ4n) is 1.62. The molecule has 2 aromatic rings. The molecule has 120 valence electrons. The van der Waals surface area contributed by atoms with Crippen LogP contribution in [0.25, 0.3) is 10.8 Å². The molecule has 1 aromatic carbocycles. The Hall–Kier alpha value is -3.43. The maximum Gasteiger partial charge on any atom is 0.417 e. The van der Waals surface area contributed by atoms with Crippen molar-refractivity contribution >= 4 is 23.4 Å². The molecule has 0 aliphatic carbocycles. The van der Waals surface area contributed by atoms with Crippen molar-refractivity contribution < 1.29 is 13.2 Å². The summed E-state index contributed by atoms with van der Waals surface area (Å²) in [6, 6.07) is 4.00. The monoisotopic (exact) mass is 351 g/mol. The number of fused-ring (bicyclic) bond motifs is 1. The third kappa shape index (κ3) is 6.29. The zero-order valence-corrected chi connectivity index (χ0v) is 13.5. The molecule has 0 aliphatic heterocycles. The van der Waals surface area contributed by atoms with Crippen LogP contribution in [0.5, 0.6) is 0 Å². The molecule has 0 fully saturated rings. The first-order chi connectivity index (χ1) is 11.9. The number of hydrogen-bond donors (Lipinski definition) is 1. The molecule has 2 rings (SSSR count). The van der Waals surface area contributed by atoms with Crippen molar-refractivity contribution in [3.63, 3.8) is 0 Å². The van der Waals surface area contributed by atoms with E-state index in [1.54, 1.807) is 6.07 Å². The van der Waals surface area contributed by atoms with Gasteiger partial charge >= 0.3 is 6.18 Å². The fraction of sp³-hybridized carbons (Fsp3) is 0.0500. The fourth-order valence-corrected chi connectivity index (χ4v) is 1.89. The molecule has 1 heterocycles. The Bertz CT molecular complexity index is 998. The Morgan fingerprint density at radius 1 is 0.840 bits per heavy atom. The van der Waals surface area contributed by atoms with E-state index < -0.39 is 11.7 Å². The molecule has 0 spiro atoms. The second-order valence-electron chi connectivity index (χ2n) is 4.10. The molecule has 0 bridgehead atoms. The van der Waals surface area contributed by atoms with E-state index in [1.165, 1.54) is 18.5 Å². The van der Waals surface area contributed by atoms with Gasteiger partial charge in [-0.15, -0.1) is 25.5 Å². The lowest BCUT2D eigenvalue weighted by Crippen LogP contribution is -2.05. The average Bonchev–Trinajstić information content (AvgIpc) is 2.58. The summed E-state index contributed by atoms with van der Waals surface area (Å²) < 4.78 is 37.8. The zero-order valence-electron chi connectivity index (χ0n) is 12.6. The topological polar surface area (TPSA) is 12.9 Å². The number of thiol groups is 1. The number of aromatic nitrogens is 1. The molecular weight excluding hydrogens is 343 g/mol. The Kier molecular flexibility index (Phi) is 7.57. The molecule has 0 saturated heterocycles. The molecule has 0 radical (unpaired) electrons. The van der Waals surface area contributed by atoms with Gasteiger partial charge in [0, 0.05) is 22.7 Å². The number of nitrogens with zero attached hydrogens (tertiary/aromatic N) is 1. The third-order valence-corrected chi connectivity index (χ3v) is 2.90. The number of benzene rings is 1. The number of halogens is 3. The summed E-state index contributed by atoms with van der Waals surface area (Å²) in [5.74, 6) is 18.4. The van der Waals surface area contributed by atoms with Crippen LogP contribution in [0.15, 0.2) is 35.5 Å². The summed E-state index contributed by atoms with van der Waals surface area (Å²) in [5, 5.41) is 0.542. The van der Waals surface area contributed by atoms with Gasteiger partial charge in [0.15, 0.2) is 0 Å². The first-order valence-electron chi connectivity index (χ1n) is 6.46. The van der Waals surface area contributed by atoms with Crippen molar-refractivity contribution in [3.8, 4) is 60.2 Å². The lowest BCUT2D eigenvalue weighted by molar-refractivity contribution is -0.136. The first kappa shape index (κ1) is 19.6. The van der Waals surface area contributed by atoms with Gasteiger partial charge in [-0.2, -0.15) is 13.2 Å². The molecule has 5 heteroatoms. The van der Waals surface area contributed by atoms with Crippen LogP contribution in [0.4, 0.5) is 13.2 Å². The number of alkyl halides is 3. The Balaban J connectivity index is 0.000000275. The summed E-state index contributed by atoms with van der Waals surface area (Å²) in [7, 11) is 0. The second-order valence-corrected chi connectivity index (χ2v) is 4.58. The van der Waals surface area contributed by atoms with Gasteiger partial charge in [0.2, 0.25) is 0 Å². The summed E-state index contributed by atoms with van der Waals surface area (Å²) in [4.78, 5) is 4.15. The highest BCUT2D eigenvalue weighted by Gasteiger charge is 2.32. The highest BCUT2D eigenvalue weighted by Crippen LogP contribution is 2.35. The van der Waals surface area contributed by atoms with Crippen molar-refractivity contribution in [2.24, 2.45) is 0 Å². The largest absolute Gasteiger partial charge is 0.417 e. The van der Waals surface area contributed by atoms with Crippen LogP contribution in [0.2, 0.25) is 0 Å². The number of hydrogen-bond acceptors (Lipinski definition) is 2. The highest BCUT2D eigenvalue weighted by atomic mass is 32.1.